The SMILES string of the molecule is CC1(C)OB(B2OC(C)(C)C(C)(C)O2)OC1(C)C.CC1(C)OB(c2cccc3c2[nH]c2ccc4c5ccccc5oc4c23)OC1(C)C.Clc1cccc2c1[nH]c1ccc3c4ccccc4oc3c12. The van der Waals surface area contributed by atoms with Gasteiger partial charge < -0.3 is 46.7 Å². The standard InChI is InChI=1S/C24H22BNO3.C18H10ClNO.C12H24B2O4/c1-23(2)24(3,4)29-25(28-23)17-10-7-9-16-20-18(26-21(16)17)13-12-15-14-8-5-6-11-19(14)27-22(15)20;19-13-6-3-5-12-16-14(20-17(12)13)9-8-11-10-4-1-2-7-15(10)21-18(11)16;1-9(2)10(3,4)16-13(15-9)14-17-11(5,6)12(7,8)18-14/h5-13,26H,1-4H3;1-9,20H;1-8H3. The molecular weight excluding hydrogens is 872 g/mol. The van der Waals surface area contributed by atoms with Crippen molar-refractivity contribution in [3.8, 4) is 0 Å². The van der Waals surface area contributed by atoms with E-state index in [-0.39, 0.29) is 33.6 Å². The van der Waals surface area contributed by atoms with Crippen molar-refractivity contribution in [2.45, 2.75) is 117 Å². The molecule has 68 heavy (non-hydrogen) atoms. The number of nitrogens with one attached hydrogen (secondary N) is 2. The maximum Gasteiger partial charge on any atom is 0.497 e. The lowest BCUT2D eigenvalue weighted by Gasteiger charge is -2.32. The second-order valence-electron chi connectivity index (χ2n) is 21.4. The largest absolute Gasteiger partial charge is 0.497 e. The van der Waals surface area contributed by atoms with Crippen LogP contribution in [0.1, 0.15) is 83.1 Å². The van der Waals surface area contributed by atoms with Crippen LogP contribution in [0.15, 0.2) is 118 Å². The molecule has 4 aromatic heterocycles. The van der Waals surface area contributed by atoms with Crippen LogP contribution in [0.3, 0.4) is 0 Å². The topological polar surface area (TPSA) is 113 Å². The third-order valence-corrected chi connectivity index (χ3v) is 15.8. The Hall–Kier alpha value is -5.24. The highest BCUT2D eigenvalue weighted by Gasteiger charge is 2.63. The summed E-state index contributed by atoms with van der Waals surface area (Å²) in [6, 6.07) is 37.0. The number of hydrogen-bond donors (Lipinski definition) is 2. The van der Waals surface area contributed by atoms with Crippen LogP contribution in [0.5, 0.6) is 0 Å². The van der Waals surface area contributed by atoms with E-state index in [0.717, 1.165) is 98.0 Å². The molecule has 2 N–H and O–H groups in total. The lowest BCUT2D eigenvalue weighted by Crippen LogP contribution is -2.41. The van der Waals surface area contributed by atoms with Gasteiger partial charge >= 0.3 is 21.1 Å². The Kier molecular flexibility index (Phi) is 10.2. The zero-order chi connectivity index (χ0) is 47.9. The Labute approximate surface area is 401 Å². The average Bonchev–Trinajstić information content (AvgIpc) is 4.12. The van der Waals surface area contributed by atoms with Crippen LogP contribution in [-0.4, -0.2) is 64.7 Å². The third-order valence-electron chi connectivity index (χ3n) is 15.5. The van der Waals surface area contributed by atoms with E-state index >= 15 is 0 Å². The summed E-state index contributed by atoms with van der Waals surface area (Å²) in [6.07, 6.45) is 0. The Balaban J connectivity index is 0.000000116. The first kappa shape index (κ1) is 45.2. The van der Waals surface area contributed by atoms with E-state index in [0.29, 0.717) is 0 Å². The van der Waals surface area contributed by atoms with Gasteiger partial charge in [0.1, 0.15) is 22.3 Å². The van der Waals surface area contributed by atoms with Crippen LogP contribution in [0.2, 0.25) is 5.02 Å². The van der Waals surface area contributed by atoms with Crippen molar-refractivity contribution in [1.29, 1.82) is 0 Å². The molecule has 10 aromatic rings. The Morgan fingerprint density at radius 3 is 1.24 bits per heavy atom. The minimum Gasteiger partial charge on any atom is -0.455 e. The number of rotatable bonds is 2. The van der Waals surface area contributed by atoms with Crippen LogP contribution in [0.4, 0.5) is 0 Å². The molecule has 0 unspecified atom stereocenters. The number of hydrogen-bond acceptors (Lipinski definition) is 8. The fraction of sp³-hybridized carbons (Fsp3) is 0.333. The van der Waals surface area contributed by atoms with Gasteiger partial charge in [0.15, 0.2) is 0 Å². The van der Waals surface area contributed by atoms with Crippen molar-refractivity contribution in [2.75, 3.05) is 0 Å². The molecule has 346 valence electrons. The van der Waals surface area contributed by atoms with Crippen LogP contribution >= 0.6 is 11.6 Å². The van der Waals surface area contributed by atoms with Crippen molar-refractivity contribution in [3.05, 3.63) is 114 Å². The zero-order valence-corrected chi connectivity index (χ0v) is 41.5. The molecule has 0 amide bonds. The molecule has 7 heterocycles. The maximum absolute atomic E-state index is 6.32. The summed E-state index contributed by atoms with van der Waals surface area (Å²) in [5, 5.41) is 9.71. The van der Waals surface area contributed by atoms with Gasteiger partial charge in [-0.05, 0) is 126 Å². The molecule has 6 aromatic carbocycles. The van der Waals surface area contributed by atoms with E-state index in [1.165, 1.54) is 0 Å². The van der Waals surface area contributed by atoms with E-state index in [4.69, 9.17) is 48.4 Å². The van der Waals surface area contributed by atoms with Gasteiger partial charge in [-0.15, -0.1) is 0 Å². The molecule has 3 aliphatic heterocycles. The van der Waals surface area contributed by atoms with Crippen LogP contribution in [0, 0.1) is 0 Å². The number of H-pyrrole nitrogens is 2. The van der Waals surface area contributed by atoms with Gasteiger partial charge in [-0.3, -0.25) is 0 Å². The number of aromatic nitrogens is 2. The number of aromatic amines is 2. The molecule has 3 aliphatic rings. The highest BCUT2D eigenvalue weighted by Crippen LogP contribution is 2.44. The number of benzene rings is 6. The highest BCUT2D eigenvalue weighted by atomic mass is 35.5. The van der Waals surface area contributed by atoms with E-state index in [1.54, 1.807) is 0 Å². The molecule has 0 saturated carbocycles. The van der Waals surface area contributed by atoms with Crippen molar-refractivity contribution in [3.63, 3.8) is 0 Å². The van der Waals surface area contributed by atoms with Crippen molar-refractivity contribution >= 4 is 126 Å². The average molecular weight is 929 g/mol. The van der Waals surface area contributed by atoms with Crippen molar-refractivity contribution in [2.24, 2.45) is 0 Å². The zero-order valence-electron chi connectivity index (χ0n) is 40.8. The lowest BCUT2D eigenvalue weighted by atomic mass is 9.49. The van der Waals surface area contributed by atoms with Gasteiger partial charge in [-0.1, -0.05) is 78.3 Å². The first-order valence-corrected chi connectivity index (χ1v) is 23.9. The highest BCUT2D eigenvalue weighted by molar-refractivity contribution is 7.11. The summed E-state index contributed by atoms with van der Waals surface area (Å²) in [4.78, 5) is 6.99. The van der Waals surface area contributed by atoms with E-state index in [1.807, 2.05) is 104 Å². The van der Waals surface area contributed by atoms with Crippen LogP contribution in [0.25, 0.3) is 87.5 Å². The van der Waals surface area contributed by atoms with Crippen molar-refractivity contribution < 1.29 is 36.8 Å². The molecule has 0 aliphatic carbocycles. The summed E-state index contributed by atoms with van der Waals surface area (Å²) in [7, 11) is -1.37. The minimum atomic E-state index is -0.476. The quantitative estimate of drug-likeness (QED) is 0.165. The number of furan rings is 2. The van der Waals surface area contributed by atoms with Gasteiger partial charge in [-0.25, -0.2) is 0 Å². The molecule has 13 rings (SSSR count). The van der Waals surface area contributed by atoms with Gasteiger partial charge in [0, 0.05) is 43.3 Å². The summed E-state index contributed by atoms with van der Waals surface area (Å²) in [5.74, 6) is 0. The van der Waals surface area contributed by atoms with E-state index < -0.39 is 21.1 Å². The predicted molar refractivity (Wildman–Crippen MR) is 279 cm³/mol. The van der Waals surface area contributed by atoms with Gasteiger partial charge in [0.25, 0.3) is 0 Å². The molecule has 3 saturated heterocycles. The monoisotopic (exact) mass is 928 g/mol. The second-order valence-corrected chi connectivity index (χ2v) is 21.9. The minimum absolute atomic E-state index is 0.360. The van der Waals surface area contributed by atoms with Crippen LogP contribution < -0.4 is 5.46 Å². The molecule has 0 atom stereocenters. The summed E-state index contributed by atoms with van der Waals surface area (Å²) in [5.41, 5.74) is 6.57. The molecule has 10 nitrogen and oxygen atoms in total. The molecule has 0 bridgehead atoms. The number of halogens is 1. The molecule has 14 heteroatoms. The summed E-state index contributed by atoms with van der Waals surface area (Å²) < 4.78 is 48.9. The van der Waals surface area contributed by atoms with Gasteiger partial charge in [-0.2, -0.15) is 0 Å². The number of para-hydroxylation sites is 4. The molecule has 0 spiro atoms. The first-order chi connectivity index (χ1) is 32.1. The van der Waals surface area contributed by atoms with Crippen LogP contribution in [-0.2, 0) is 27.9 Å². The Bertz CT molecular complexity index is 3540. The maximum atomic E-state index is 6.32. The smallest absolute Gasteiger partial charge is 0.455 e. The van der Waals surface area contributed by atoms with Crippen molar-refractivity contribution in [1.82, 2.24) is 9.97 Å². The van der Waals surface area contributed by atoms with Gasteiger partial charge in [0.2, 0.25) is 0 Å². The van der Waals surface area contributed by atoms with E-state index in [2.05, 4.69) is 98.3 Å². The summed E-state index contributed by atoms with van der Waals surface area (Å²) >= 11 is 6.30. The molecule has 0 radical (unpaired) electrons. The molecular formula is C54H56B3ClN2O8. The Morgan fingerprint density at radius 1 is 0.382 bits per heavy atom. The fourth-order valence-corrected chi connectivity index (χ4v) is 9.76. The predicted octanol–water partition coefficient (Wildman–Crippen LogP) is 13.6. The first-order valence-electron chi connectivity index (χ1n) is 23.5. The Morgan fingerprint density at radius 2 is 0.765 bits per heavy atom. The number of fused-ring (bicyclic) bond motifs is 14. The third kappa shape index (κ3) is 7.03. The van der Waals surface area contributed by atoms with Gasteiger partial charge in [0.05, 0.1) is 66.0 Å². The fourth-order valence-electron chi connectivity index (χ4n) is 9.53. The molecule has 3 fully saturated rings. The van der Waals surface area contributed by atoms with E-state index in [9.17, 15) is 0 Å². The second kappa shape index (κ2) is 15.4. The normalized spacial score (nSPS) is 20.1. The summed E-state index contributed by atoms with van der Waals surface area (Å²) in [6.45, 7) is 24.5. The lowest BCUT2D eigenvalue weighted by molar-refractivity contribution is 0.00578.